The quantitative estimate of drug-likeness (QED) is 0.359. The van der Waals surface area contributed by atoms with Gasteiger partial charge in [-0.05, 0) is 30.9 Å². The minimum Gasteiger partial charge on any atom is -0.357 e. The van der Waals surface area contributed by atoms with Crippen molar-refractivity contribution in [2.45, 2.75) is 39.3 Å². The van der Waals surface area contributed by atoms with Gasteiger partial charge < -0.3 is 15.1 Å². The Morgan fingerprint density at radius 3 is 2.38 bits per heavy atom. The lowest BCUT2D eigenvalue weighted by Gasteiger charge is -2.36. The number of carbonyl (C=O) groups is 1. The van der Waals surface area contributed by atoms with Crippen LogP contribution in [0.3, 0.4) is 0 Å². The molecule has 5 nitrogen and oxygen atoms in total. The van der Waals surface area contributed by atoms with Crippen LogP contribution in [0.5, 0.6) is 0 Å². The van der Waals surface area contributed by atoms with Crippen molar-refractivity contribution in [1.29, 1.82) is 0 Å². The molecule has 0 spiro atoms. The largest absolute Gasteiger partial charge is 0.416 e. The molecule has 0 bridgehead atoms. The fraction of sp³-hybridized carbons (Fsp3) is 0.600. The third kappa shape index (κ3) is 7.67. The fourth-order valence-electron chi connectivity index (χ4n) is 3.21. The third-order valence-corrected chi connectivity index (χ3v) is 4.97. The Kier molecular flexibility index (Phi) is 10.2. The second-order valence-corrected chi connectivity index (χ2v) is 7.04. The van der Waals surface area contributed by atoms with E-state index in [9.17, 15) is 18.0 Å². The molecule has 1 atom stereocenters. The number of piperazine rings is 1. The molecule has 0 saturated carbocycles. The fourth-order valence-corrected chi connectivity index (χ4v) is 3.21. The molecule has 1 heterocycles. The van der Waals surface area contributed by atoms with E-state index in [4.69, 9.17) is 0 Å². The van der Waals surface area contributed by atoms with Gasteiger partial charge >= 0.3 is 6.18 Å². The average Bonchev–Trinajstić information content (AvgIpc) is 2.66. The lowest BCUT2D eigenvalue weighted by molar-refractivity contribution is -0.137. The van der Waals surface area contributed by atoms with E-state index in [0.29, 0.717) is 44.7 Å². The summed E-state index contributed by atoms with van der Waals surface area (Å²) in [7, 11) is 0. The van der Waals surface area contributed by atoms with Crippen LogP contribution in [-0.2, 0) is 11.0 Å². The first-order chi connectivity index (χ1) is 13.2. The van der Waals surface area contributed by atoms with Gasteiger partial charge in [0, 0.05) is 46.2 Å². The van der Waals surface area contributed by atoms with Crippen LogP contribution < -0.4 is 5.32 Å². The number of nitrogens with zero attached hydrogens (tertiary/aromatic N) is 3. The van der Waals surface area contributed by atoms with Gasteiger partial charge in [0.05, 0.1) is 5.56 Å². The molecular formula is C20H30F3IN4O. The first kappa shape index (κ1) is 25.5. The minimum atomic E-state index is -4.33. The number of hydrogen-bond donors (Lipinski definition) is 1. The predicted molar refractivity (Wildman–Crippen MR) is 120 cm³/mol. The van der Waals surface area contributed by atoms with Gasteiger partial charge in [-0.1, -0.05) is 25.1 Å². The summed E-state index contributed by atoms with van der Waals surface area (Å²) in [5, 5.41) is 3.26. The van der Waals surface area contributed by atoms with E-state index in [-0.39, 0.29) is 35.8 Å². The monoisotopic (exact) mass is 526 g/mol. The van der Waals surface area contributed by atoms with Crippen molar-refractivity contribution >= 4 is 35.8 Å². The summed E-state index contributed by atoms with van der Waals surface area (Å²) in [6, 6.07) is 5.51. The van der Waals surface area contributed by atoms with Crippen molar-refractivity contribution in [2.24, 2.45) is 4.99 Å². The molecule has 9 heteroatoms. The molecule has 0 aromatic heterocycles. The first-order valence-electron chi connectivity index (χ1n) is 9.68. The molecule has 1 N–H and O–H groups in total. The molecule has 2 rings (SSSR count). The van der Waals surface area contributed by atoms with Gasteiger partial charge in [0.2, 0.25) is 5.91 Å². The second kappa shape index (κ2) is 11.6. The van der Waals surface area contributed by atoms with Crippen LogP contribution in [-0.4, -0.2) is 60.9 Å². The van der Waals surface area contributed by atoms with E-state index < -0.39 is 11.7 Å². The SMILES string of the molecule is CCNC(=NCCC(C)c1cccc(C(F)(F)F)c1)N1CCN(C(C)=O)CC1.I. The standard InChI is InChI=1S/C20H29F3N4O.HI/c1-4-24-19(27-12-10-26(11-13-27)16(3)28)25-9-8-15(2)17-6-5-7-18(14-17)20(21,22)23;/h5-7,14-15H,4,8-13H2,1-3H3,(H,24,25);1H. The molecule has 1 saturated heterocycles. The van der Waals surface area contributed by atoms with E-state index in [0.717, 1.165) is 18.6 Å². The van der Waals surface area contributed by atoms with Gasteiger partial charge in [-0.2, -0.15) is 13.2 Å². The number of nitrogens with one attached hydrogen (secondary N) is 1. The molecule has 1 aliphatic rings. The maximum atomic E-state index is 12.9. The van der Waals surface area contributed by atoms with Crippen molar-refractivity contribution in [3.63, 3.8) is 0 Å². The summed E-state index contributed by atoms with van der Waals surface area (Å²) in [6.45, 7) is 9.51. The zero-order chi connectivity index (χ0) is 20.7. The molecule has 1 amide bonds. The molecule has 1 aromatic rings. The Balaban J connectivity index is 0.00000420. The third-order valence-electron chi connectivity index (χ3n) is 4.97. The Morgan fingerprint density at radius 2 is 1.83 bits per heavy atom. The van der Waals surface area contributed by atoms with Gasteiger partial charge in [-0.25, -0.2) is 0 Å². The van der Waals surface area contributed by atoms with Crippen molar-refractivity contribution in [3.8, 4) is 0 Å². The average molecular weight is 526 g/mol. The Hall–Kier alpha value is -1.52. The van der Waals surface area contributed by atoms with Crippen LogP contribution >= 0.6 is 24.0 Å². The molecule has 1 fully saturated rings. The maximum absolute atomic E-state index is 12.9. The summed E-state index contributed by atoms with van der Waals surface area (Å²) < 4.78 is 38.7. The molecule has 0 radical (unpaired) electrons. The molecule has 29 heavy (non-hydrogen) atoms. The zero-order valence-electron chi connectivity index (χ0n) is 17.1. The normalized spacial score (nSPS) is 16.3. The van der Waals surface area contributed by atoms with Crippen LogP contribution in [0.25, 0.3) is 0 Å². The van der Waals surface area contributed by atoms with Crippen LogP contribution in [0.1, 0.15) is 44.2 Å². The summed E-state index contributed by atoms with van der Waals surface area (Å²) >= 11 is 0. The molecule has 1 aromatic carbocycles. The van der Waals surface area contributed by atoms with Gasteiger partial charge in [-0.3, -0.25) is 9.79 Å². The second-order valence-electron chi connectivity index (χ2n) is 7.04. The summed E-state index contributed by atoms with van der Waals surface area (Å²) in [4.78, 5) is 20.0. The number of aliphatic imine (C=N–C) groups is 1. The highest BCUT2D eigenvalue weighted by atomic mass is 127. The van der Waals surface area contributed by atoms with E-state index in [1.54, 1.807) is 13.0 Å². The minimum absolute atomic E-state index is 0. The van der Waals surface area contributed by atoms with Crippen molar-refractivity contribution in [3.05, 3.63) is 35.4 Å². The Morgan fingerprint density at radius 1 is 1.21 bits per heavy atom. The molecular weight excluding hydrogens is 496 g/mol. The maximum Gasteiger partial charge on any atom is 0.416 e. The van der Waals surface area contributed by atoms with Crippen molar-refractivity contribution in [1.82, 2.24) is 15.1 Å². The Bertz CT molecular complexity index is 689. The number of halogens is 4. The number of hydrogen-bond acceptors (Lipinski definition) is 2. The van der Waals surface area contributed by atoms with E-state index in [1.807, 2.05) is 18.7 Å². The van der Waals surface area contributed by atoms with Crippen molar-refractivity contribution in [2.75, 3.05) is 39.3 Å². The van der Waals surface area contributed by atoms with Crippen LogP contribution in [0, 0.1) is 0 Å². The number of amides is 1. The number of alkyl halides is 3. The first-order valence-corrected chi connectivity index (χ1v) is 9.68. The van der Waals surface area contributed by atoms with Gasteiger partial charge in [-0.15, -0.1) is 24.0 Å². The van der Waals surface area contributed by atoms with E-state index >= 15 is 0 Å². The van der Waals surface area contributed by atoms with Crippen LogP contribution in [0.4, 0.5) is 13.2 Å². The van der Waals surface area contributed by atoms with E-state index in [1.165, 1.54) is 12.1 Å². The topological polar surface area (TPSA) is 47.9 Å². The summed E-state index contributed by atoms with van der Waals surface area (Å²) in [5.74, 6) is 0.849. The molecule has 1 aliphatic heterocycles. The number of benzene rings is 1. The summed E-state index contributed by atoms with van der Waals surface area (Å²) in [6.07, 6.45) is -3.67. The van der Waals surface area contributed by atoms with Crippen molar-refractivity contribution < 1.29 is 18.0 Å². The highest BCUT2D eigenvalue weighted by molar-refractivity contribution is 14.0. The zero-order valence-corrected chi connectivity index (χ0v) is 19.5. The highest BCUT2D eigenvalue weighted by Gasteiger charge is 2.30. The predicted octanol–water partition coefficient (Wildman–Crippen LogP) is 3.95. The molecule has 164 valence electrons. The van der Waals surface area contributed by atoms with Gasteiger partial charge in [0.15, 0.2) is 5.96 Å². The molecule has 1 unspecified atom stereocenters. The highest BCUT2D eigenvalue weighted by Crippen LogP contribution is 2.31. The number of carbonyl (C=O) groups excluding carboxylic acids is 1. The lowest BCUT2D eigenvalue weighted by Crippen LogP contribution is -2.53. The van der Waals surface area contributed by atoms with Gasteiger partial charge in [0.1, 0.15) is 0 Å². The number of guanidine groups is 1. The number of rotatable bonds is 5. The van der Waals surface area contributed by atoms with E-state index in [2.05, 4.69) is 15.2 Å². The van der Waals surface area contributed by atoms with Crippen LogP contribution in [0.15, 0.2) is 29.3 Å². The Labute approximate surface area is 187 Å². The van der Waals surface area contributed by atoms with Gasteiger partial charge in [0.25, 0.3) is 0 Å². The summed E-state index contributed by atoms with van der Waals surface area (Å²) in [5.41, 5.74) is 0.0575. The van der Waals surface area contributed by atoms with Crippen LogP contribution in [0.2, 0.25) is 0 Å². The molecule has 0 aliphatic carbocycles. The smallest absolute Gasteiger partial charge is 0.357 e. The lowest BCUT2D eigenvalue weighted by atomic mass is 9.96.